The monoisotopic (exact) mass is 312 g/mol. The molecule has 1 aliphatic rings. The molecule has 0 saturated carbocycles. The van der Waals surface area contributed by atoms with E-state index in [0.29, 0.717) is 0 Å². The van der Waals surface area contributed by atoms with Gasteiger partial charge in [0.25, 0.3) is 0 Å². The van der Waals surface area contributed by atoms with Crippen LogP contribution in [0.2, 0.25) is 0 Å². The van der Waals surface area contributed by atoms with Crippen LogP contribution in [0, 0.1) is 6.92 Å². The van der Waals surface area contributed by atoms with Crippen LogP contribution >= 0.6 is 11.3 Å². The molecular weight excluding hydrogens is 284 g/mol. The zero-order valence-corrected chi connectivity index (χ0v) is 14.3. The average Bonchev–Trinajstić information content (AvgIpc) is 2.86. The van der Waals surface area contributed by atoms with Gasteiger partial charge < -0.3 is 15.0 Å². The predicted molar refractivity (Wildman–Crippen MR) is 89.4 cm³/mol. The molecule has 0 radical (unpaired) electrons. The van der Waals surface area contributed by atoms with Gasteiger partial charge in [-0.15, -0.1) is 11.3 Å². The summed E-state index contributed by atoms with van der Waals surface area (Å²) in [7, 11) is 1.73. The lowest BCUT2D eigenvalue weighted by Crippen LogP contribution is -2.46. The molecule has 0 aliphatic carbocycles. The molecule has 2 rings (SSSR count). The fourth-order valence-electron chi connectivity index (χ4n) is 2.57. The molecule has 0 bridgehead atoms. The highest BCUT2D eigenvalue weighted by Gasteiger charge is 2.19. The molecule has 5 nitrogen and oxygen atoms in total. The minimum Gasteiger partial charge on any atom is -0.383 e. The number of piperazine rings is 1. The standard InChI is InChI=1S/C15H28N4OS/c1-4-6-18-7-9-19(10-8-18)15-17-13(2)14(21-15)12-16-5-11-20-3/h16H,4-12H2,1-3H3. The summed E-state index contributed by atoms with van der Waals surface area (Å²) in [5.74, 6) is 0. The van der Waals surface area contributed by atoms with Gasteiger partial charge in [0.2, 0.25) is 0 Å². The molecule has 2 heterocycles. The average molecular weight is 312 g/mol. The lowest BCUT2D eigenvalue weighted by Gasteiger charge is -2.34. The number of aryl methyl sites for hydroxylation is 1. The van der Waals surface area contributed by atoms with Crippen LogP contribution in [0.4, 0.5) is 5.13 Å². The van der Waals surface area contributed by atoms with Crippen LogP contribution in [0.1, 0.15) is 23.9 Å². The minimum atomic E-state index is 0.754. The van der Waals surface area contributed by atoms with Crippen molar-refractivity contribution < 1.29 is 4.74 Å². The van der Waals surface area contributed by atoms with Crippen molar-refractivity contribution in [2.24, 2.45) is 0 Å². The quantitative estimate of drug-likeness (QED) is 0.740. The molecule has 1 aromatic rings. The molecule has 1 N–H and O–H groups in total. The van der Waals surface area contributed by atoms with Crippen molar-refractivity contribution >= 4 is 16.5 Å². The third-order valence-corrected chi connectivity index (χ3v) is 5.05. The Morgan fingerprint density at radius 1 is 1.29 bits per heavy atom. The van der Waals surface area contributed by atoms with Crippen LogP contribution in [0.3, 0.4) is 0 Å². The van der Waals surface area contributed by atoms with Crippen molar-refractivity contribution in [1.82, 2.24) is 15.2 Å². The Morgan fingerprint density at radius 3 is 2.71 bits per heavy atom. The summed E-state index contributed by atoms with van der Waals surface area (Å²) in [5.41, 5.74) is 1.16. The fraction of sp³-hybridized carbons (Fsp3) is 0.800. The largest absolute Gasteiger partial charge is 0.383 e. The predicted octanol–water partition coefficient (Wildman–Crippen LogP) is 1.72. The third kappa shape index (κ3) is 4.92. The molecule has 1 aromatic heterocycles. The highest BCUT2D eigenvalue weighted by molar-refractivity contribution is 7.15. The van der Waals surface area contributed by atoms with E-state index in [1.807, 2.05) is 11.3 Å². The smallest absolute Gasteiger partial charge is 0.185 e. The van der Waals surface area contributed by atoms with E-state index in [-0.39, 0.29) is 0 Å². The molecule has 6 heteroatoms. The number of anilines is 1. The molecule has 21 heavy (non-hydrogen) atoms. The van der Waals surface area contributed by atoms with Crippen LogP contribution in [-0.4, -0.2) is 62.9 Å². The molecule has 0 atom stereocenters. The molecule has 120 valence electrons. The summed E-state index contributed by atoms with van der Waals surface area (Å²) in [6.45, 7) is 12.6. The van der Waals surface area contributed by atoms with Crippen molar-refractivity contribution in [1.29, 1.82) is 0 Å². The highest BCUT2D eigenvalue weighted by Crippen LogP contribution is 2.26. The van der Waals surface area contributed by atoms with Crippen molar-refractivity contribution in [3.63, 3.8) is 0 Å². The number of hydrogen-bond donors (Lipinski definition) is 1. The van der Waals surface area contributed by atoms with Gasteiger partial charge in [-0.05, 0) is 19.9 Å². The van der Waals surface area contributed by atoms with E-state index >= 15 is 0 Å². The summed E-state index contributed by atoms with van der Waals surface area (Å²) in [6, 6.07) is 0. The Hall–Kier alpha value is -0.690. The number of hydrogen-bond acceptors (Lipinski definition) is 6. The van der Waals surface area contributed by atoms with Gasteiger partial charge in [-0.3, -0.25) is 4.90 Å². The van der Waals surface area contributed by atoms with E-state index in [2.05, 4.69) is 29.0 Å². The molecule has 0 amide bonds. The Morgan fingerprint density at radius 2 is 2.05 bits per heavy atom. The lowest BCUT2D eigenvalue weighted by molar-refractivity contribution is 0.199. The molecule has 0 unspecified atom stereocenters. The highest BCUT2D eigenvalue weighted by atomic mass is 32.1. The van der Waals surface area contributed by atoms with Gasteiger partial charge in [0.15, 0.2) is 5.13 Å². The zero-order valence-electron chi connectivity index (χ0n) is 13.5. The van der Waals surface area contributed by atoms with Gasteiger partial charge in [0.05, 0.1) is 12.3 Å². The number of methoxy groups -OCH3 is 1. The zero-order chi connectivity index (χ0) is 15.1. The van der Waals surface area contributed by atoms with Crippen molar-refractivity contribution in [2.75, 3.05) is 57.9 Å². The molecule has 0 aromatic carbocycles. The van der Waals surface area contributed by atoms with Gasteiger partial charge in [-0.2, -0.15) is 0 Å². The number of aromatic nitrogens is 1. The molecule has 0 spiro atoms. The maximum Gasteiger partial charge on any atom is 0.185 e. The van der Waals surface area contributed by atoms with E-state index < -0.39 is 0 Å². The molecule has 1 saturated heterocycles. The lowest BCUT2D eigenvalue weighted by atomic mass is 10.3. The summed E-state index contributed by atoms with van der Waals surface area (Å²) in [5, 5.41) is 4.59. The van der Waals surface area contributed by atoms with Gasteiger partial charge in [-0.1, -0.05) is 6.92 Å². The number of nitrogens with one attached hydrogen (secondary N) is 1. The van der Waals surface area contributed by atoms with Crippen LogP contribution in [0.5, 0.6) is 0 Å². The second-order valence-electron chi connectivity index (χ2n) is 5.50. The van der Waals surface area contributed by atoms with E-state index in [4.69, 9.17) is 9.72 Å². The summed E-state index contributed by atoms with van der Waals surface area (Å²) in [6.07, 6.45) is 1.24. The summed E-state index contributed by atoms with van der Waals surface area (Å²) >= 11 is 1.83. The summed E-state index contributed by atoms with van der Waals surface area (Å²) < 4.78 is 5.05. The molecule has 1 fully saturated rings. The first-order chi connectivity index (χ1) is 10.2. The number of nitrogens with zero attached hydrogens (tertiary/aromatic N) is 3. The first-order valence-corrected chi connectivity index (χ1v) is 8.69. The van der Waals surface area contributed by atoms with Crippen molar-refractivity contribution in [2.45, 2.75) is 26.8 Å². The van der Waals surface area contributed by atoms with Crippen molar-refractivity contribution in [3.05, 3.63) is 10.6 Å². The number of ether oxygens (including phenoxy) is 1. The van der Waals surface area contributed by atoms with Crippen LogP contribution in [0.25, 0.3) is 0 Å². The van der Waals surface area contributed by atoms with Gasteiger partial charge in [0, 0.05) is 51.3 Å². The Bertz CT molecular complexity index is 416. The van der Waals surface area contributed by atoms with E-state index in [0.717, 1.165) is 51.6 Å². The van der Waals surface area contributed by atoms with Gasteiger partial charge in [-0.25, -0.2) is 4.98 Å². The molecular formula is C15H28N4OS. The second-order valence-corrected chi connectivity index (χ2v) is 6.57. The third-order valence-electron chi connectivity index (χ3n) is 3.83. The van der Waals surface area contributed by atoms with Gasteiger partial charge in [0.1, 0.15) is 0 Å². The number of rotatable bonds is 8. The topological polar surface area (TPSA) is 40.6 Å². The second kappa shape index (κ2) is 8.68. The minimum absolute atomic E-state index is 0.754. The van der Waals surface area contributed by atoms with E-state index in [1.165, 1.54) is 23.0 Å². The first-order valence-electron chi connectivity index (χ1n) is 7.87. The van der Waals surface area contributed by atoms with Crippen LogP contribution in [-0.2, 0) is 11.3 Å². The SMILES string of the molecule is CCCN1CCN(c2nc(C)c(CNCCOC)s2)CC1. The maximum atomic E-state index is 5.05. The number of thiazole rings is 1. The maximum absolute atomic E-state index is 5.05. The first kappa shape index (κ1) is 16.7. The van der Waals surface area contributed by atoms with E-state index in [1.54, 1.807) is 7.11 Å². The summed E-state index contributed by atoms with van der Waals surface area (Å²) in [4.78, 5) is 11.1. The van der Waals surface area contributed by atoms with Crippen LogP contribution in [0.15, 0.2) is 0 Å². The Kier molecular flexibility index (Phi) is 6.89. The Labute approximate surface area is 132 Å². The fourth-order valence-corrected chi connectivity index (χ4v) is 3.65. The Balaban J connectivity index is 1.84. The van der Waals surface area contributed by atoms with Crippen molar-refractivity contribution in [3.8, 4) is 0 Å². The normalized spacial score (nSPS) is 16.6. The van der Waals surface area contributed by atoms with Crippen LogP contribution < -0.4 is 10.2 Å². The van der Waals surface area contributed by atoms with E-state index in [9.17, 15) is 0 Å². The molecule has 1 aliphatic heterocycles. The van der Waals surface area contributed by atoms with Gasteiger partial charge >= 0.3 is 0 Å².